The van der Waals surface area contributed by atoms with E-state index >= 15 is 0 Å². The first kappa shape index (κ1) is 16.0. The van der Waals surface area contributed by atoms with Crippen LogP contribution in [-0.2, 0) is 11.3 Å². The molecule has 0 spiro atoms. The second kappa shape index (κ2) is 7.10. The van der Waals surface area contributed by atoms with Gasteiger partial charge < -0.3 is 9.64 Å². The first-order valence-electron chi connectivity index (χ1n) is 7.68. The Kier molecular flexibility index (Phi) is 4.93. The first-order chi connectivity index (χ1) is 11.2. The lowest BCUT2D eigenvalue weighted by molar-refractivity contribution is -0.132. The predicted molar refractivity (Wildman–Crippen MR) is 90.5 cm³/mol. The number of benzene rings is 1. The topological polar surface area (TPSA) is 45.7 Å². The summed E-state index contributed by atoms with van der Waals surface area (Å²) >= 11 is 1.61. The summed E-state index contributed by atoms with van der Waals surface area (Å²) in [5.41, 5.74) is 4.06. The zero-order valence-electron chi connectivity index (χ0n) is 13.4. The smallest absolute Gasteiger partial charge is 0.219 e. The van der Waals surface area contributed by atoms with Crippen molar-refractivity contribution in [2.45, 2.75) is 19.5 Å². The van der Waals surface area contributed by atoms with E-state index in [-0.39, 0.29) is 11.9 Å². The summed E-state index contributed by atoms with van der Waals surface area (Å²) in [4.78, 5) is 20.5. The van der Waals surface area contributed by atoms with Crippen molar-refractivity contribution in [1.29, 1.82) is 0 Å². The molecule has 1 aromatic carbocycles. The number of carbonyl (C=O) groups excluding carboxylic acids is 1. The Balaban J connectivity index is 1.89. The normalized spacial score (nSPS) is 18.9. The van der Waals surface area contributed by atoms with Crippen molar-refractivity contribution < 1.29 is 9.53 Å². The highest BCUT2D eigenvalue weighted by molar-refractivity contribution is 7.07. The van der Waals surface area contributed by atoms with Crippen LogP contribution in [0, 0.1) is 0 Å². The van der Waals surface area contributed by atoms with Crippen molar-refractivity contribution in [3.8, 4) is 5.75 Å². The van der Waals surface area contributed by atoms with Crippen molar-refractivity contribution in [2.24, 2.45) is 0 Å². The third-order valence-electron chi connectivity index (χ3n) is 4.28. The molecule has 122 valence electrons. The number of hydrogen-bond acceptors (Lipinski definition) is 5. The average molecular weight is 331 g/mol. The Morgan fingerprint density at radius 1 is 1.39 bits per heavy atom. The van der Waals surface area contributed by atoms with Gasteiger partial charge in [0.25, 0.3) is 0 Å². The Bertz CT molecular complexity index is 660. The van der Waals surface area contributed by atoms with Gasteiger partial charge in [-0.15, -0.1) is 11.3 Å². The maximum Gasteiger partial charge on any atom is 0.219 e. The van der Waals surface area contributed by atoms with Crippen LogP contribution in [-0.4, -0.2) is 47.4 Å². The Morgan fingerprint density at radius 3 is 2.91 bits per heavy atom. The lowest BCUT2D eigenvalue weighted by Gasteiger charge is -2.41. The number of aromatic nitrogens is 1. The molecule has 23 heavy (non-hydrogen) atoms. The summed E-state index contributed by atoms with van der Waals surface area (Å²) in [5, 5.41) is 2.08. The standard InChI is InChI=1S/C17H21N3O2S/c1-13(21)19-7-8-20(9-14-11-23-12-18-14)16(10-19)15-5-3-4-6-17(15)22-2/h3-6,11-12,16H,7-10H2,1-2H3/t16-/m0/s1. The maximum absolute atomic E-state index is 11.8. The lowest BCUT2D eigenvalue weighted by Crippen LogP contribution is -2.49. The minimum absolute atomic E-state index is 0.116. The molecule has 0 radical (unpaired) electrons. The molecule has 5 nitrogen and oxygen atoms in total. The fraction of sp³-hybridized carbons (Fsp3) is 0.412. The van der Waals surface area contributed by atoms with E-state index in [2.05, 4.69) is 21.3 Å². The molecule has 3 rings (SSSR count). The largest absolute Gasteiger partial charge is 0.496 e. The van der Waals surface area contributed by atoms with E-state index in [9.17, 15) is 4.79 Å². The minimum Gasteiger partial charge on any atom is -0.496 e. The molecule has 1 fully saturated rings. The number of nitrogens with zero attached hydrogens (tertiary/aromatic N) is 3. The summed E-state index contributed by atoms with van der Waals surface area (Å²) in [6.45, 7) is 4.69. The van der Waals surface area contributed by atoms with Crippen LogP contribution < -0.4 is 4.74 Å². The molecule has 1 atom stereocenters. The van der Waals surface area contributed by atoms with Crippen molar-refractivity contribution in [2.75, 3.05) is 26.7 Å². The van der Waals surface area contributed by atoms with Gasteiger partial charge in [-0.05, 0) is 6.07 Å². The molecular weight excluding hydrogens is 310 g/mol. The molecule has 0 saturated carbocycles. The van der Waals surface area contributed by atoms with E-state index in [1.54, 1.807) is 25.4 Å². The summed E-state index contributed by atoms with van der Waals surface area (Å²) in [5.74, 6) is 0.990. The molecule has 0 unspecified atom stereocenters. The number of para-hydroxylation sites is 1. The molecule has 1 amide bonds. The summed E-state index contributed by atoms with van der Waals surface area (Å²) < 4.78 is 5.53. The van der Waals surface area contributed by atoms with E-state index in [4.69, 9.17) is 4.74 Å². The van der Waals surface area contributed by atoms with Crippen LogP contribution in [0.3, 0.4) is 0 Å². The molecule has 2 heterocycles. The third-order valence-corrected chi connectivity index (χ3v) is 4.92. The summed E-state index contributed by atoms with van der Waals surface area (Å²) in [7, 11) is 1.69. The van der Waals surface area contributed by atoms with Crippen LogP contribution in [0.15, 0.2) is 35.2 Å². The van der Waals surface area contributed by atoms with Gasteiger partial charge in [0.05, 0.1) is 24.4 Å². The molecule has 6 heteroatoms. The van der Waals surface area contributed by atoms with Crippen LogP contribution >= 0.6 is 11.3 Å². The first-order valence-corrected chi connectivity index (χ1v) is 8.63. The molecule has 1 saturated heterocycles. The van der Waals surface area contributed by atoms with E-state index < -0.39 is 0 Å². The van der Waals surface area contributed by atoms with Gasteiger partial charge in [0.2, 0.25) is 5.91 Å². The van der Waals surface area contributed by atoms with Gasteiger partial charge in [-0.25, -0.2) is 4.98 Å². The zero-order valence-corrected chi connectivity index (χ0v) is 14.3. The Labute approximate surface area is 140 Å². The van der Waals surface area contributed by atoms with Gasteiger partial charge in [-0.3, -0.25) is 9.69 Å². The fourth-order valence-corrected chi connectivity index (χ4v) is 3.61. The quantitative estimate of drug-likeness (QED) is 0.864. The number of rotatable bonds is 4. The highest BCUT2D eigenvalue weighted by Gasteiger charge is 2.31. The van der Waals surface area contributed by atoms with Crippen molar-refractivity contribution in [3.63, 3.8) is 0 Å². The van der Waals surface area contributed by atoms with E-state index in [1.807, 2.05) is 28.6 Å². The fourth-order valence-electron chi connectivity index (χ4n) is 3.06. The molecule has 1 aliphatic heterocycles. The monoisotopic (exact) mass is 331 g/mol. The second-order valence-corrected chi connectivity index (χ2v) is 6.39. The van der Waals surface area contributed by atoms with Gasteiger partial charge in [0.1, 0.15) is 5.75 Å². The third kappa shape index (κ3) is 3.54. The number of methoxy groups -OCH3 is 1. The minimum atomic E-state index is 0.116. The van der Waals surface area contributed by atoms with Gasteiger partial charge in [-0.1, -0.05) is 18.2 Å². The van der Waals surface area contributed by atoms with Gasteiger partial charge in [0.15, 0.2) is 0 Å². The number of carbonyl (C=O) groups is 1. The number of amides is 1. The van der Waals surface area contributed by atoms with Crippen LogP contribution in [0.1, 0.15) is 24.2 Å². The van der Waals surface area contributed by atoms with Crippen molar-refractivity contribution >= 4 is 17.2 Å². The molecule has 1 aliphatic rings. The van der Waals surface area contributed by atoms with Crippen molar-refractivity contribution in [1.82, 2.24) is 14.8 Å². The van der Waals surface area contributed by atoms with E-state index in [0.29, 0.717) is 6.54 Å². The molecule has 0 aliphatic carbocycles. The highest BCUT2D eigenvalue weighted by Crippen LogP contribution is 2.33. The van der Waals surface area contributed by atoms with Crippen LogP contribution in [0.2, 0.25) is 0 Å². The second-order valence-electron chi connectivity index (χ2n) is 5.67. The lowest BCUT2D eigenvalue weighted by atomic mass is 10.0. The molecule has 2 aromatic rings. The molecular formula is C17H21N3O2S. The number of ether oxygens (including phenoxy) is 1. The van der Waals surface area contributed by atoms with Gasteiger partial charge in [0, 0.05) is 44.0 Å². The highest BCUT2D eigenvalue weighted by atomic mass is 32.1. The van der Waals surface area contributed by atoms with Crippen molar-refractivity contribution in [3.05, 3.63) is 46.4 Å². The number of piperazine rings is 1. The Morgan fingerprint density at radius 2 is 2.22 bits per heavy atom. The SMILES string of the molecule is COc1ccccc1[C@@H]1CN(C(C)=O)CCN1Cc1cscn1. The predicted octanol–water partition coefficient (Wildman–Crippen LogP) is 2.56. The van der Waals surface area contributed by atoms with Gasteiger partial charge >= 0.3 is 0 Å². The zero-order chi connectivity index (χ0) is 16.2. The van der Waals surface area contributed by atoms with Crippen LogP contribution in [0.25, 0.3) is 0 Å². The molecule has 1 aromatic heterocycles. The average Bonchev–Trinajstić information content (AvgIpc) is 3.08. The number of thiazole rings is 1. The summed E-state index contributed by atoms with van der Waals surface area (Å²) in [6, 6.07) is 8.17. The number of hydrogen-bond donors (Lipinski definition) is 0. The van der Waals surface area contributed by atoms with Crippen LogP contribution in [0.5, 0.6) is 5.75 Å². The summed E-state index contributed by atoms with van der Waals surface area (Å²) in [6.07, 6.45) is 0. The molecule has 0 bridgehead atoms. The molecule has 0 N–H and O–H groups in total. The van der Waals surface area contributed by atoms with E-state index in [0.717, 1.165) is 36.6 Å². The van der Waals surface area contributed by atoms with E-state index in [1.165, 1.54) is 0 Å². The maximum atomic E-state index is 11.8. The van der Waals surface area contributed by atoms with Gasteiger partial charge in [-0.2, -0.15) is 0 Å². The Hall–Kier alpha value is -1.92. The van der Waals surface area contributed by atoms with Crippen LogP contribution in [0.4, 0.5) is 0 Å².